The Hall–Kier alpha value is -3.16. The van der Waals surface area contributed by atoms with E-state index in [9.17, 15) is 9.59 Å². The smallest absolute Gasteiger partial charge is 0.303 e. The standard InChI is InChI=1S/C22H30N6O2/c1-4-5-6-7-8-12-15-28-18-19(27(3)22(30)24-20(18)29)23-21(28)26-25-16(2)17-13-10-9-11-14-17/h9-11,13-14H,4-8,12,15H2,1-3H3,(H,23,26)(H,24,29,30)/b25-16-. The molecule has 0 aliphatic heterocycles. The number of aromatic nitrogens is 4. The summed E-state index contributed by atoms with van der Waals surface area (Å²) in [5, 5.41) is 4.45. The molecule has 1 aromatic carbocycles. The van der Waals surface area contributed by atoms with Crippen LogP contribution in [0, 0.1) is 0 Å². The molecule has 2 N–H and O–H groups in total. The predicted octanol–water partition coefficient (Wildman–Crippen LogP) is 3.62. The van der Waals surface area contributed by atoms with Crippen LogP contribution in [0.2, 0.25) is 0 Å². The van der Waals surface area contributed by atoms with Crippen LogP contribution in [0.5, 0.6) is 0 Å². The number of nitrogens with zero attached hydrogens (tertiary/aromatic N) is 4. The summed E-state index contributed by atoms with van der Waals surface area (Å²) in [7, 11) is 1.60. The molecule has 0 unspecified atom stereocenters. The number of rotatable bonds is 10. The van der Waals surface area contributed by atoms with E-state index >= 15 is 0 Å². The summed E-state index contributed by atoms with van der Waals surface area (Å²) >= 11 is 0. The van der Waals surface area contributed by atoms with E-state index in [2.05, 4.69) is 27.4 Å². The van der Waals surface area contributed by atoms with Crippen LogP contribution in [-0.2, 0) is 13.6 Å². The van der Waals surface area contributed by atoms with Crippen LogP contribution in [0.3, 0.4) is 0 Å². The van der Waals surface area contributed by atoms with Gasteiger partial charge in [-0.05, 0) is 18.9 Å². The number of imidazole rings is 1. The molecule has 0 bridgehead atoms. The third kappa shape index (κ3) is 4.87. The minimum atomic E-state index is -0.479. The largest absolute Gasteiger partial charge is 0.329 e. The highest BCUT2D eigenvalue weighted by molar-refractivity contribution is 5.99. The Bertz CT molecular complexity index is 1120. The van der Waals surface area contributed by atoms with Gasteiger partial charge in [-0.25, -0.2) is 10.2 Å². The number of fused-ring (bicyclic) bond motifs is 1. The second-order valence-electron chi connectivity index (χ2n) is 7.52. The molecular weight excluding hydrogens is 380 g/mol. The minimum Gasteiger partial charge on any atom is -0.303 e. The normalized spacial score (nSPS) is 11.9. The third-order valence-corrected chi connectivity index (χ3v) is 5.26. The number of unbranched alkanes of at least 4 members (excludes halogenated alkanes) is 5. The molecule has 0 aliphatic carbocycles. The number of H-pyrrole nitrogens is 1. The molecule has 8 nitrogen and oxygen atoms in total. The number of hydrazone groups is 1. The fraction of sp³-hybridized carbons (Fsp3) is 0.455. The van der Waals surface area contributed by atoms with Gasteiger partial charge in [-0.1, -0.05) is 69.4 Å². The average molecular weight is 411 g/mol. The van der Waals surface area contributed by atoms with Crippen LogP contribution in [0.25, 0.3) is 11.2 Å². The second-order valence-corrected chi connectivity index (χ2v) is 7.52. The third-order valence-electron chi connectivity index (χ3n) is 5.26. The number of benzene rings is 1. The van der Waals surface area contributed by atoms with Gasteiger partial charge in [0.25, 0.3) is 5.56 Å². The zero-order chi connectivity index (χ0) is 21.5. The molecule has 0 radical (unpaired) electrons. The molecule has 2 aromatic heterocycles. The van der Waals surface area contributed by atoms with Crippen LogP contribution >= 0.6 is 0 Å². The van der Waals surface area contributed by atoms with Gasteiger partial charge in [0.05, 0.1) is 5.71 Å². The molecule has 2 heterocycles. The lowest BCUT2D eigenvalue weighted by atomic mass is 10.1. The molecule has 3 rings (SSSR count). The van der Waals surface area contributed by atoms with Gasteiger partial charge in [0.1, 0.15) is 0 Å². The fourth-order valence-electron chi connectivity index (χ4n) is 3.47. The van der Waals surface area contributed by atoms with E-state index in [0.29, 0.717) is 23.7 Å². The molecule has 0 atom stereocenters. The first-order valence-corrected chi connectivity index (χ1v) is 10.6. The number of anilines is 1. The quantitative estimate of drug-likeness (QED) is 0.303. The van der Waals surface area contributed by atoms with Crippen LogP contribution < -0.4 is 16.7 Å². The van der Waals surface area contributed by atoms with Crippen molar-refractivity contribution in [3.8, 4) is 0 Å². The van der Waals surface area contributed by atoms with Crippen molar-refractivity contribution < 1.29 is 0 Å². The SMILES string of the molecule is CCCCCCCCn1c(N/N=C(/C)c2ccccc2)nc2c1c(=O)[nH]c(=O)n2C. The molecule has 3 aromatic rings. The van der Waals surface area contributed by atoms with E-state index in [0.717, 1.165) is 24.1 Å². The van der Waals surface area contributed by atoms with E-state index in [1.165, 1.54) is 30.3 Å². The van der Waals surface area contributed by atoms with Crippen molar-refractivity contribution in [2.75, 3.05) is 5.43 Å². The Morgan fingerprint density at radius 1 is 1.10 bits per heavy atom. The summed E-state index contributed by atoms with van der Waals surface area (Å²) in [6.07, 6.45) is 6.85. The van der Waals surface area contributed by atoms with Crippen molar-refractivity contribution >= 4 is 22.8 Å². The first-order chi connectivity index (χ1) is 14.5. The van der Waals surface area contributed by atoms with E-state index < -0.39 is 11.2 Å². The number of aryl methyl sites for hydroxylation is 2. The first kappa shape index (κ1) is 21.5. The van der Waals surface area contributed by atoms with Crippen molar-refractivity contribution in [2.24, 2.45) is 12.1 Å². The molecule has 30 heavy (non-hydrogen) atoms. The molecule has 0 aliphatic rings. The summed E-state index contributed by atoms with van der Waals surface area (Å²) in [5.74, 6) is 0.459. The van der Waals surface area contributed by atoms with E-state index in [4.69, 9.17) is 0 Å². The average Bonchev–Trinajstić information content (AvgIpc) is 3.12. The van der Waals surface area contributed by atoms with E-state index in [-0.39, 0.29) is 0 Å². The van der Waals surface area contributed by atoms with Crippen molar-refractivity contribution in [3.63, 3.8) is 0 Å². The molecule has 0 saturated heterocycles. The highest BCUT2D eigenvalue weighted by Gasteiger charge is 2.17. The lowest BCUT2D eigenvalue weighted by molar-refractivity contribution is 0.565. The minimum absolute atomic E-state index is 0.352. The Morgan fingerprint density at radius 2 is 1.80 bits per heavy atom. The molecular formula is C22H30N6O2. The van der Waals surface area contributed by atoms with Crippen LogP contribution in [0.4, 0.5) is 5.95 Å². The second kappa shape index (κ2) is 10.0. The molecule has 8 heteroatoms. The maximum atomic E-state index is 12.5. The van der Waals surface area contributed by atoms with Gasteiger partial charge < -0.3 is 4.57 Å². The number of aromatic amines is 1. The van der Waals surface area contributed by atoms with E-state index in [1.807, 2.05) is 41.8 Å². The highest BCUT2D eigenvalue weighted by Crippen LogP contribution is 2.17. The maximum absolute atomic E-state index is 12.5. The van der Waals surface area contributed by atoms with Gasteiger partial charge in [-0.15, -0.1) is 0 Å². The Balaban J connectivity index is 1.90. The lowest BCUT2D eigenvalue weighted by Crippen LogP contribution is -2.29. The number of hydrogen-bond donors (Lipinski definition) is 2. The number of hydrogen-bond acceptors (Lipinski definition) is 5. The van der Waals surface area contributed by atoms with Crippen LogP contribution in [-0.4, -0.2) is 24.8 Å². The molecule has 0 saturated carbocycles. The molecule has 160 valence electrons. The summed E-state index contributed by atoms with van der Waals surface area (Å²) in [6.45, 7) is 4.74. The fourth-order valence-corrected chi connectivity index (χ4v) is 3.47. The monoisotopic (exact) mass is 410 g/mol. The Kier molecular flexibility index (Phi) is 7.21. The first-order valence-electron chi connectivity index (χ1n) is 10.6. The zero-order valence-electron chi connectivity index (χ0n) is 17.9. The highest BCUT2D eigenvalue weighted by atomic mass is 16.2. The zero-order valence-corrected chi connectivity index (χ0v) is 17.9. The van der Waals surface area contributed by atoms with Gasteiger partial charge in [-0.3, -0.25) is 14.3 Å². The molecule has 0 fully saturated rings. The Morgan fingerprint density at radius 3 is 2.53 bits per heavy atom. The summed E-state index contributed by atoms with van der Waals surface area (Å²) in [4.78, 5) is 31.4. The van der Waals surface area contributed by atoms with Crippen molar-refractivity contribution in [2.45, 2.75) is 58.9 Å². The maximum Gasteiger partial charge on any atom is 0.329 e. The molecule has 0 spiro atoms. The topological polar surface area (TPSA) is 97.1 Å². The van der Waals surface area contributed by atoms with Crippen molar-refractivity contribution in [1.29, 1.82) is 0 Å². The summed E-state index contributed by atoms with van der Waals surface area (Å²) in [6, 6.07) is 9.83. The van der Waals surface area contributed by atoms with E-state index in [1.54, 1.807) is 7.05 Å². The van der Waals surface area contributed by atoms with Crippen LogP contribution in [0.1, 0.15) is 57.9 Å². The summed E-state index contributed by atoms with van der Waals surface area (Å²) in [5.41, 5.74) is 4.64. The van der Waals surface area contributed by atoms with Gasteiger partial charge in [0.2, 0.25) is 5.95 Å². The van der Waals surface area contributed by atoms with Gasteiger partial charge in [-0.2, -0.15) is 10.1 Å². The molecule has 0 amide bonds. The van der Waals surface area contributed by atoms with Gasteiger partial charge >= 0.3 is 5.69 Å². The predicted molar refractivity (Wildman–Crippen MR) is 121 cm³/mol. The Labute approximate surface area is 175 Å². The summed E-state index contributed by atoms with van der Waals surface area (Å²) < 4.78 is 3.18. The number of nitrogens with one attached hydrogen (secondary N) is 2. The van der Waals surface area contributed by atoms with Gasteiger partial charge in [0.15, 0.2) is 11.2 Å². The van der Waals surface area contributed by atoms with Crippen molar-refractivity contribution in [1.82, 2.24) is 19.1 Å². The lowest BCUT2D eigenvalue weighted by Gasteiger charge is -2.09. The van der Waals surface area contributed by atoms with Crippen molar-refractivity contribution in [3.05, 3.63) is 56.7 Å². The van der Waals surface area contributed by atoms with Gasteiger partial charge in [0, 0.05) is 13.6 Å². The van der Waals surface area contributed by atoms with Crippen LogP contribution in [0.15, 0.2) is 45.0 Å².